The molecule has 1 amide bonds. The summed E-state index contributed by atoms with van der Waals surface area (Å²) < 4.78 is 24.2. The van der Waals surface area contributed by atoms with Gasteiger partial charge in [-0.3, -0.25) is 5.32 Å². The second-order valence-corrected chi connectivity index (χ2v) is 6.49. The van der Waals surface area contributed by atoms with Crippen LogP contribution in [0.4, 0.5) is 20.6 Å². The number of methoxy groups -OCH3 is 1. The largest absolute Gasteiger partial charge is 0.444 e. The van der Waals surface area contributed by atoms with Crippen LogP contribution in [0.3, 0.4) is 0 Å². The average molecular weight is 310 g/mol. The quantitative estimate of drug-likeness (QED) is 0.889. The number of anilines is 2. The Labute approximate surface area is 130 Å². The summed E-state index contributed by atoms with van der Waals surface area (Å²) in [4.78, 5) is 11.7. The number of benzene rings is 1. The van der Waals surface area contributed by atoms with Gasteiger partial charge in [-0.15, -0.1) is 0 Å². The van der Waals surface area contributed by atoms with Gasteiger partial charge in [0.25, 0.3) is 0 Å². The summed E-state index contributed by atoms with van der Waals surface area (Å²) >= 11 is 0. The molecule has 1 aromatic carbocycles. The summed E-state index contributed by atoms with van der Waals surface area (Å²) in [5.74, 6) is -0.351. The number of carbonyl (C=O) groups excluding carboxylic acids is 1. The number of hydrogen-bond donors (Lipinski definition) is 2. The third-order valence-corrected chi connectivity index (χ3v) is 3.40. The molecule has 1 saturated carbocycles. The maximum atomic E-state index is 13.8. The summed E-state index contributed by atoms with van der Waals surface area (Å²) in [6.45, 7) is 5.35. The van der Waals surface area contributed by atoms with E-state index in [-0.39, 0.29) is 18.0 Å². The van der Waals surface area contributed by atoms with Gasteiger partial charge in [-0.25, -0.2) is 9.18 Å². The predicted octanol–water partition coefficient (Wildman–Crippen LogP) is 3.76. The predicted molar refractivity (Wildman–Crippen MR) is 83.7 cm³/mol. The minimum absolute atomic E-state index is 0.191. The molecule has 122 valence electrons. The van der Waals surface area contributed by atoms with Crippen LogP contribution < -0.4 is 10.6 Å². The van der Waals surface area contributed by atoms with Crippen LogP contribution in [0.25, 0.3) is 0 Å². The Hall–Kier alpha value is -1.82. The Morgan fingerprint density at radius 3 is 2.59 bits per heavy atom. The Bertz CT molecular complexity index is 537. The van der Waals surface area contributed by atoms with Crippen LogP contribution in [0.5, 0.6) is 0 Å². The minimum Gasteiger partial charge on any atom is -0.444 e. The highest BCUT2D eigenvalue weighted by atomic mass is 19.1. The lowest BCUT2D eigenvalue weighted by atomic mass is 9.89. The van der Waals surface area contributed by atoms with Crippen LogP contribution in [-0.2, 0) is 9.47 Å². The third-order valence-electron chi connectivity index (χ3n) is 3.40. The molecule has 1 fully saturated rings. The van der Waals surface area contributed by atoms with Crippen molar-refractivity contribution in [1.82, 2.24) is 0 Å². The van der Waals surface area contributed by atoms with Gasteiger partial charge in [-0.2, -0.15) is 0 Å². The number of rotatable bonds is 4. The van der Waals surface area contributed by atoms with Crippen LogP contribution >= 0.6 is 0 Å². The zero-order valence-electron chi connectivity index (χ0n) is 13.4. The third kappa shape index (κ3) is 4.59. The van der Waals surface area contributed by atoms with E-state index < -0.39 is 11.7 Å². The standard InChI is InChI=1S/C16H23FN2O3/c1-16(2,3)22-15(20)19-10-5-6-13(17)14(9-10)18-11-7-12(8-11)21-4/h5-6,9,11-12,18H,7-8H2,1-4H3,(H,19,20). The molecule has 0 atom stereocenters. The highest BCUT2D eigenvalue weighted by Crippen LogP contribution is 2.28. The van der Waals surface area contributed by atoms with E-state index in [0.717, 1.165) is 12.8 Å². The maximum Gasteiger partial charge on any atom is 0.412 e. The van der Waals surface area contributed by atoms with E-state index in [9.17, 15) is 9.18 Å². The van der Waals surface area contributed by atoms with Crippen LogP contribution in [0.2, 0.25) is 0 Å². The Balaban J connectivity index is 1.96. The van der Waals surface area contributed by atoms with Crippen LogP contribution in [0.1, 0.15) is 33.6 Å². The first kappa shape index (κ1) is 16.5. The first-order valence-corrected chi connectivity index (χ1v) is 7.36. The molecule has 2 N–H and O–H groups in total. The van der Waals surface area contributed by atoms with Gasteiger partial charge in [0.2, 0.25) is 0 Å². The molecule has 6 heteroatoms. The van der Waals surface area contributed by atoms with Crippen molar-refractivity contribution < 1.29 is 18.7 Å². The molecule has 0 bridgehead atoms. The summed E-state index contributed by atoms with van der Waals surface area (Å²) in [7, 11) is 1.67. The fourth-order valence-electron chi connectivity index (χ4n) is 2.23. The molecule has 0 aliphatic heterocycles. The molecule has 0 spiro atoms. The molecule has 0 radical (unpaired) electrons. The average Bonchev–Trinajstić information content (AvgIpc) is 2.34. The van der Waals surface area contributed by atoms with Gasteiger partial charge in [0, 0.05) is 18.8 Å². The monoisotopic (exact) mass is 310 g/mol. The van der Waals surface area contributed by atoms with Crippen molar-refractivity contribution >= 4 is 17.5 Å². The lowest BCUT2D eigenvalue weighted by Crippen LogP contribution is -2.40. The summed E-state index contributed by atoms with van der Waals surface area (Å²) in [5.41, 5.74) is 0.278. The number of carbonyl (C=O) groups is 1. The van der Waals surface area contributed by atoms with E-state index in [4.69, 9.17) is 9.47 Å². The van der Waals surface area contributed by atoms with E-state index in [0.29, 0.717) is 11.4 Å². The Morgan fingerprint density at radius 2 is 2.00 bits per heavy atom. The van der Waals surface area contributed by atoms with E-state index in [2.05, 4.69) is 10.6 Å². The Kier molecular flexibility index (Phi) is 4.90. The molecule has 5 nitrogen and oxygen atoms in total. The van der Waals surface area contributed by atoms with Gasteiger partial charge in [0.15, 0.2) is 0 Å². The molecule has 1 aliphatic rings. The molecule has 1 aromatic rings. The van der Waals surface area contributed by atoms with Crippen molar-refractivity contribution in [3.8, 4) is 0 Å². The zero-order chi connectivity index (χ0) is 16.3. The van der Waals surface area contributed by atoms with Gasteiger partial charge in [-0.05, 0) is 51.8 Å². The molecule has 0 unspecified atom stereocenters. The first-order chi connectivity index (χ1) is 10.3. The van der Waals surface area contributed by atoms with Crippen molar-refractivity contribution in [3.63, 3.8) is 0 Å². The fourth-order valence-corrected chi connectivity index (χ4v) is 2.23. The van der Waals surface area contributed by atoms with E-state index in [1.165, 1.54) is 12.1 Å². The van der Waals surface area contributed by atoms with E-state index in [1.54, 1.807) is 33.9 Å². The molecule has 2 rings (SSSR count). The minimum atomic E-state index is -0.577. The summed E-state index contributed by atoms with van der Waals surface area (Å²) in [5, 5.41) is 5.73. The van der Waals surface area contributed by atoms with Crippen molar-refractivity contribution in [2.24, 2.45) is 0 Å². The van der Waals surface area contributed by atoms with Crippen LogP contribution in [0.15, 0.2) is 18.2 Å². The number of hydrogen-bond acceptors (Lipinski definition) is 4. The first-order valence-electron chi connectivity index (χ1n) is 7.36. The molecule has 0 heterocycles. The van der Waals surface area contributed by atoms with Crippen molar-refractivity contribution in [3.05, 3.63) is 24.0 Å². The van der Waals surface area contributed by atoms with Gasteiger partial charge < -0.3 is 14.8 Å². The molecular weight excluding hydrogens is 287 g/mol. The molecule has 1 aliphatic carbocycles. The fraction of sp³-hybridized carbons (Fsp3) is 0.562. The van der Waals surface area contributed by atoms with Crippen molar-refractivity contribution in [2.45, 2.75) is 51.4 Å². The van der Waals surface area contributed by atoms with Gasteiger partial charge >= 0.3 is 6.09 Å². The molecule has 0 saturated heterocycles. The summed E-state index contributed by atoms with van der Waals surface area (Å²) in [6, 6.07) is 4.58. The van der Waals surface area contributed by atoms with Gasteiger partial charge in [-0.1, -0.05) is 0 Å². The normalized spacial score (nSPS) is 21.0. The van der Waals surface area contributed by atoms with Crippen LogP contribution in [0, 0.1) is 5.82 Å². The van der Waals surface area contributed by atoms with E-state index in [1.807, 2.05) is 0 Å². The van der Waals surface area contributed by atoms with Crippen molar-refractivity contribution in [1.29, 1.82) is 0 Å². The number of nitrogens with one attached hydrogen (secondary N) is 2. The van der Waals surface area contributed by atoms with Gasteiger partial charge in [0.05, 0.1) is 11.8 Å². The van der Waals surface area contributed by atoms with Crippen LogP contribution in [-0.4, -0.2) is 30.9 Å². The maximum absolute atomic E-state index is 13.8. The zero-order valence-corrected chi connectivity index (χ0v) is 13.4. The smallest absolute Gasteiger partial charge is 0.412 e. The Morgan fingerprint density at radius 1 is 1.32 bits per heavy atom. The van der Waals surface area contributed by atoms with Gasteiger partial charge in [0.1, 0.15) is 11.4 Å². The lowest BCUT2D eigenvalue weighted by molar-refractivity contribution is 0.0328. The summed E-state index contributed by atoms with van der Waals surface area (Å²) in [6.07, 6.45) is 1.37. The second-order valence-electron chi connectivity index (χ2n) is 6.49. The molecule has 0 aromatic heterocycles. The highest BCUT2D eigenvalue weighted by molar-refractivity contribution is 5.85. The lowest BCUT2D eigenvalue weighted by Gasteiger charge is -2.35. The topological polar surface area (TPSA) is 59.6 Å². The SMILES string of the molecule is COC1CC(Nc2cc(NC(=O)OC(C)(C)C)ccc2F)C1. The van der Waals surface area contributed by atoms with Crippen molar-refractivity contribution in [2.75, 3.05) is 17.7 Å². The molecule has 22 heavy (non-hydrogen) atoms. The number of ether oxygens (including phenoxy) is 2. The van der Waals surface area contributed by atoms with E-state index >= 15 is 0 Å². The number of amides is 1. The number of halogens is 1. The second kappa shape index (κ2) is 6.52. The highest BCUT2D eigenvalue weighted by Gasteiger charge is 2.29. The molecular formula is C16H23FN2O3.